The zero-order chi connectivity index (χ0) is 16.0. The molecule has 2 atom stereocenters. The van der Waals surface area contributed by atoms with Crippen molar-refractivity contribution < 1.29 is 14.3 Å². The Kier molecular flexibility index (Phi) is 4.30. The van der Waals surface area contributed by atoms with Crippen molar-refractivity contribution in [2.75, 3.05) is 6.54 Å². The highest BCUT2D eigenvalue weighted by molar-refractivity contribution is 9.10. The topological polar surface area (TPSA) is 55.4 Å². The second-order valence-corrected chi connectivity index (χ2v) is 9.62. The number of hydrogen-bond acceptors (Lipinski definition) is 3. The van der Waals surface area contributed by atoms with Gasteiger partial charge < -0.3 is 10.1 Å². The number of alkyl halides is 1. The maximum Gasteiger partial charge on any atom is 0.307 e. The Bertz CT molecular complexity index is 463. The van der Waals surface area contributed by atoms with Gasteiger partial charge in [-0.2, -0.15) is 0 Å². The molecule has 0 aliphatic heterocycles. The lowest BCUT2D eigenvalue weighted by Crippen LogP contribution is -2.58. The first-order chi connectivity index (χ1) is 10.3. The van der Waals surface area contributed by atoms with Gasteiger partial charge in [-0.15, -0.1) is 0 Å². The maximum absolute atomic E-state index is 12.8. The highest BCUT2D eigenvalue weighted by Gasteiger charge is 2.59. The van der Waals surface area contributed by atoms with Crippen molar-refractivity contribution in [1.29, 1.82) is 0 Å². The molecular weight excluding hydrogens is 346 g/mol. The second-order valence-electron chi connectivity index (χ2n) is 7.94. The highest BCUT2D eigenvalue weighted by Crippen LogP contribution is 2.64. The summed E-state index contributed by atoms with van der Waals surface area (Å²) >= 11 is 3.93. The van der Waals surface area contributed by atoms with E-state index < -0.39 is 0 Å². The SMILES string of the molecule is CC(C)OC(=O)CCNC(=O)C12CC3CC(CC(Br)(C3)C1)C2. The van der Waals surface area contributed by atoms with Crippen molar-refractivity contribution >= 4 is 27.8 Å². The van der Waals surface area contributed by atoms with Crippen LogP contribution in [-0.2, 0) is 14.3 Å². The van der Waals surface area contributed by atoms with E-state index in [9.17, 15) is 9.59 Å². The standard InChI is InChI=1S/C17H26BrNO3/c1-11(2)22-14(20)3-4-19-15(21)16-6-12-5-13(7-16)9-17(18,8-12)10-16/h11-13H,3-10H2,1-2H3,(H,19,21). The first kappa shape index (κ1) is 16.3. The third-order valence-electron chi connectivity index (χ3n) is 5.45. The summed E-state index contributed by atoms with van der Waals surface area (Å²) in [5.41, 5.74) is -0.199. The molecule has 0 aromatic heterocycles. The predicted molar refractivity (Wildman–Crippen MR) is 87.6 cm³/mol. The van der Waals surface area contributed by atoms with E-state index in [0.717, 1.165) is 19.3 Å². The van der Waals surface area contributed by atoms with E-state index in [1.165, 1.54) is 19.3 Å². The molecule has 2 unspecified atom stereocenters. The average molecular weight is 372 g/mol. The van der Waals surface area contributed by atoms with Crippen LogP contribution in [-0.4, -0.2) is 28.8 Å². The molecular formula is C17H26BrNO3. The minimum atomic E-state index is -0.238. The van der Waals surface area contributed by atoms with Gasteiger partial charge in [-0.1, -0.05) is 15.9 Å². The fraction of sp³-hybridized carbons (Fsp3) is 0.882. The van der Waals surface area contributed by atoms with Gasteiger partial charge in [-0.3, -0.25) is 9.59 Å². The van der Waals surface area contributed by atoms with E-state index in [1.54, 1.807) is 0 Å². The average Bonchev–Trinajstić information content (AvgIpc) is 2.34. The molecule has 4 fully saturated rings. The van der Waals surface area contributed by atoms with Gasteiger partial charge in [0.15, 0.2) is 0 Å². The van der Waals surface area contributed by atoms with Crippen LogP contribution in [0.1, 0.15) is 58.8 Å². The lowest BCUT2D eigenvalue weighted by molar-refractivity contribution is -0.148. The smallest absolute Gasteiger partial charge is 0.307 e. The molecule has 0 radical (unpaired) electrons. The molecule has 1 amide bonds. The molecule has 4 nitrogen and oxygen atoms in total. The molecule has 0 aromatic carbocycles. The molecule has 124 valence electrons. The number of halogens is 1. The predicted octanol–water partition coefficient (Wildman–Crippen LogP) is 3.18. The summed E-state index contributed by atoms with van der Waals surface area (Å²) in [4.78, 5) is 24.3. The van der Waals surface area contributed by atoms with Crippen LogP contribution in [0.2, 0.25) is 0 Å². The van der Waals surface area contributed by atoms with Gasteiger partial charge in [-0.05, 0) is 64.2 Å². The third kappa shape index (κ3) is 3.19. The zero-order valence-electron chi connectivity index (χ0n) is 13.5. The van der Waals surface area contributed by atoms with Crippen LogP contribution >= 0.6 is 15.9 Å². The van der Waals surface area contributed by atoms with Gasteiger partial charge in [0.2, 0.25) is 5.91 Å². The minimum absolute atomic E-state index is 0.0976. The zero-order valence-corrected chi connectivity index (χ0v) is 15.1. The van der Waals surface area contributed by atoms with Gasteiger partial charge in [-0.25, -0.2) is 0 Å². The van der Waals surface area contributed by atoms with Crippen molar-refractivity contribution in [3.8, 4) is 0 Å². The number of nitrogens with one attached hydrogen (secondary N) is 1. The number of hydrogen-bond donors (Lipinski definition) is 1. The van der Waals surface area contributed by atoms with Gasteiger partial charge in [0.05, 0.1) is 17.9 Å². The summed E-state index contributed by atoms with van der Waals surface area (Å²) in [7, 11) is 0. The molecule has 4 aliphatic carbocycles. The molecule has 0 spiro atoms. The molecule has 4 aliphatic rings. The molecule has 0 aromatic rings. The van der Waals surface area contributed by atoms with Crippen LogP contribution in [0, 0.1) is 17.3 Å². The highest BCUT2D eigenvalue weighted by atomic mass is 79.9. The number of carbonyl (C=O) groups is 2. The lowest BCUT2D eigenvalue weighted by Gasteiger charge is -2.59. The van der Waals surface area contributed by atoms with E-state index in [0.29, 0.717) is 18.4 Å². The molecule has 22 heavy (non-hydrogen) atoms. The van der Waals surface area contributed by atoms with Crippen LogP contribution < -0.4 is 5.32 Å². The van der Waals surface area contributed by atoms with Crippen LogP contribution in [0.5, 0.6) is 0 Å². The Morgan fingerprint density at radius 1 is 1.23 bits per heavy atom. The minimum Gasteiger partial charge on any atom is -0.463 e. The molecule has 5 heteroatoms. The van der Waals surface area contributed by atoms with E-state index in [-0.39, 0.29) is 34.1 Å². The van der Waals surface area contributed by atoms with Gasteiger partial charge in [0.25, 0.3) is 0 Å². The van der Waals surface area contributed by atoms with Gasteiger partial charge in [0.1, 0.15) is 0 Å². The maximum atomic E-state index is 12.8. The fourth-order valence-electron chi connectivity index (χ4n) is 5.20. The number of esters is 1. The van der Waals surface area contributed by atoms with E-state index in [1.807, 2.05) is 13.8 Å². The van der Waals surface area contributed by atoms with E-state index in [2.05, 4.69) is 21.2 Å². The van der Waals surface area contributed by atoms with Crippen molar-refractivity contribution in [3.63, 3.8) is 0 Å². The van der Waals surface area contributed by atoms with Gasteiger partial charge in [0, 0.05) is 10.9 Å². The summed E-state index contributed by atoms with van der Waals surface area (Å²) in [5.74, 6) is 1.30. The van der Waals surface area contributed by atoms with E-state index in [4.69, 9.17) is 4.74 Å². The quantitative estimate of drug-likeness (QED) is 0.596. The number of ether oxygens (including phenoxy) is 1. The number of rotatable bonds is 5. The molecule has 1 N–H and O–H groups in total. The first-order valence-corrected chi connectivity index (χ1v) is 9.26. The summed E-state index contributed by atoms with van der Waals surface area (Å²) < 4.78 is 5.29. The summed E-state index contributed by atoms with van der Waals surface area (Å²) in [6.45, 7) is 4.06. The van der Waals surface area contributed by atoms with Crippen molar-refractivity contribution in [2.45, 2.75) is 69.2 Å². The molecule has 4 saturated carbocycles. The largest absolute Gasteiger partial charge is 0.463 e. The lowest BCUT2D eigenvalue weighted by atomic mass is 9.49. The van der Waals surface area contributed by atoms with Crippen LogP contribution in [0.3, 0.4) is 0 Å². The number of amides is 1. The Balaban J connectivity index is 1.55. The monoisotopic (exact) mass is 371 g/mol. The van der Waals surface area contributed by atoms with Crippen molar-refractivity contribution in [1.82, 2.24) is 5.32 Å². The molecule has 4 bridgehead atoms. The first-order valence-electron chi connectivity index (χ1n) is 8.47. The van der Waals surface area contributed by atoms with Crippen molar-refractivity contribution in [3.05, 3.63) is 0 Å². The fourth-order valence-corrected chi connectivity index (χ4v) is 6.66. The van der Waals surface area contributed by atoms with Gasteiger partial charge >= 0.3 is 5.97 Å². The summed E-state index contributed by atoms with van der Waals surface area (Å²) in [6, 6.07) is 0. The van der Waals surface area contributed by atoms with Crippen LogP contribution in [0.15, 0.2) is 0 Å². The third-order valence-corrected chi connectivity index (χ3v) is 6.38. The Morgan fingerprint density at radius 2 is 1.86 bits per heavy atom. The molecule has 0 heterocycles. The normalized spacial score (nSPS) is 39.1. The molecule has 0 saturated heterocycles. The Labute approximate surface area is 140 Å². The van der Waals surface area contributed by atoms with E-state index >= 15 is 0 Å². The summed E-state index contributed by atoms with van der Waals surface area (Å²) in [6.07, 6.45) is 6.90. The Hall–Kier alpha value is -0.580. The van der Waals surface area contributed by atoms with Crippen LogP contribution in [0.25, 0.3) is 0 Å². The number of carbonyl (C=O) groups excluding carboxylic acids is 2. The molecule has 4 rings (SSSR count). The van der Waals surface area contributed by atoms with Crippen molar-refractivity contribution in [2.24, 2.45) is 17.3 Å². The second kappa shape index (κ2) is 5.81. The summed E-state index contributed by atoms with van der Waals surface area (Å²) in [5, 5.41) is 3.00. The van der Waals surface area contributed by atoms with Crippen LogP contribution in [0.4, 0.5) is 0 Å². The Morgan fingerprint density at radius 3 is 2.41 bits per heavy atom.